The standard InChI is InChI=1S/C14H13ClN4/c1-9-4-5-10(7-11(9)15)19-13(8-16)18-12-3-2-6-17-14(12)19/h2-7H,8,16H2,1H3. The maximum Gasteiger partial charge on any atom is 0.164 e. The fraction of sp³-hybridized carbons (Fsp3) is 0.143. The molecule has 3 aromatic rings. The predicted molar refractivity (Wildman–Crippen MR) is 76.5 cm³/mol. The van der Waals surface area contributed by atoms with E-state index in [-0.39, 0.29) is 0 Å². The highest BCUT2D eigenvalue weighted by Crippen LogP contribution is 2.24. The Labute approximate surface area is 115 Å². The quantitative estimate of drug-likeness (QED) is 0.780. The number of aromatic nitrogens is 3. The second-order valence-electron chi connectivity index (χ2n) is 4.35. The second-order valence-corrected chi connectivity index (χ2v) is 4.75. The first-order valence-corrected chi connectivity index (χ1v) is 6.37. The highest BCUT2D eigenvalue weighted by Gasteiger charge is 2.12. The molecule has 2 aromatic heterocycles. The van der Waals surface area contributed by atoms with Crippen LogP contribution < -0.4 is 5.73 Å². The van der Waals surface area contributed by atoms with Gasteiger partial charge in [-0.2, -0.15) is 0 Å². The number of halogens is 1. The fourth-order valence-corrected chi connectivity index (χ4v) is 2.26. The average molecular weight is 273 g/mol. The summed E-state index contributed by atoms with van der Waals surface area (Å²) in [6.45, 7) is 2.32. The van der Waals surface area contributed by atoms with Crippen LogP contribution >= 0.6 is 11.6 Å². The van der Waals surface area contributed by atoms with Crippen molar-refractivity contribution in [3.8, 4) is 5.69 Å². The molecule has 1 aromatic carbocycles. The molecule has 4 nitrogen and oxygen atoms in total. The minimum absolute atomic E-state index is 0.349. The van der Waals surface area contributed by atoms with Gasteiger partial charge in [-0.1, -0.05) is 17.7 Å². The number of hydrogen-bond donors (Lipinski definition) is 1. The third kappa shape index (κ3) is 1.99. The number of pyridine rings is 1. The summed E-state index contributed by atoms with van der Waals surface area (Å²) in [5.41, 5.74) is 9.37. The van der Waals surface area contributed by atoms with Crippen LogP contribution in [0.3, 0.4) is 0 Å². The summed E-state index contributed by atoms with van der Waals surface area (Å²) in [6.07, 6.45) is 1.75. The van der Waals surface area contributed by atoms with Gasteiger partial charge in [-0.3, -0.25) is 4.57 Å². The first-order valence-electron chi connectivity index (χ1n) is 5.99. The van der Waals surface area contributed by atoms with Gasteiger partial charge in [-0.05, 0) is 36.8 Å². The molecule has 0 bridgehead atoms. The molecule has 3 rings (SSSR count). The summed E-state index contributed by atoms with van der Waals surface area (Å²) in [4.78, 5) is 8.87. The van der Waals surface area contributed by atoms with Crippen LogP contribution in [0.2, 0.25) is 5.02 Å². The van der Waals surface area contributed by atoms with Crippen LogP contribution in [-0.2, 0) is 6.54 Å². The Morgan fingerprint density at radius 1 is 1.32 bits per heavy atom. The smallest absolute Gasteiger partial charge is 0.164 e. The molecule has 0 unspecified atom stereocenters. The van der Waals surface area contributed by atoms with Crippen molar-refractivity contribution in [2.45, 2.75) is 13.5 Å². The molecule has 0 aliphatic rings. The van der Waals surface area contributed by atoms with Gasteiger partial charge in [0.1, 0.15) is 11.3 Å². The minimum Gasteiger partial charge on any atom is -0.324 e. The number of rotatable bonds is 2. The lowest BCUT2D eigenvalue weighted by Crippen LogP contribution is -2.07. The summed E-state index contributed by atoms with van der Waals surface area (Å²) < 4.78 is 1.95. The van der Waals surface area contributed by atoms with Gasteiger partial charge in [0.15, 0.2) is 5.65 Å². The van der Waals surface area contributed by atoms with Crippen LogP contribution in [0.15, 0.2) is 36.5 Å². The Bertz CT molecular complexity index is 748. The molecule has 0 radical (unpaired) electrons. The number of hydrogen-bond acceptors (Lipinski definition) is 3. The Morgan fingerprint density at radius 3 is 2.89 bits per heavy atom. The highest BCUT2D eigenvalue weighted by molar-refractivity contribution is 6.31. The lowest BCUT2D eigenvalue weighted by molar-refractivity contribution is 0.876. The molecular formula is C14H13ClN4. The molecule has 0 aliphatic heterocycles. The topological polar surface area (TPSA) is 56.7 Å². The zero-order chi connectivity index (χ0) is 13.4. The van der Waals surface area contributed by atoms with Crippen molar-refractivity contribution in [3.63, 3.8) is 0 Å². The van der Waals surface area contributed by atoms with Crippen molar-refractivity contribution in [2.24, 2.45) is 5.73 Å². The predicted octanol–water partition coefficient (Wildman–Crippen LogP) is 2.84. The molecule has 96 valence electrons. The summed E-state index contributed by atoms with van der Waals surface area (Å²) in [6, 6.07) is 9.67. The number of aryl methyl sites for hydroxylation is 1. The third-order valence-electron chi connectivity index (χ3n) is 3.08. The molecule has 0 saturated heterocycles. The van der Waals surface area contributed by atoms with Gasteiger partial charge in [-0.25, -0.2) is 9.97 Å². The number of fused-ring (bicyclic) bond motifs is 1. The van der Waals surface area contributed by atoms with E-state index in [9.17, 15) is 0 Å². The van der Waals surface area contributed by atoms with Crippen LogP contribution in [0.25, 0.3) is 16.9 Å². The molecule has 0 aliphatic carbocycles. The number of nitrogens with zero attached hydrogens (tertiary/aromatic N) is 3. The molecule has 0 spiro atoms. The molecule has 0 amide bonds. The van der Waals surface area contributed by atoms with Crippen molar-refractivity contribution < 1.29 is 0 Å². The van der Waals surface area contributed by atoms with Gasteiger partial charge >= 0.3 is 0 Å². The molecule has 19 heavy (non-hydrogen) atoms. The molecule has 0 fully saturated rings. The first kappa shape index (κ1) is 12.1. The zero-order valence-corrected chi connectivity index (χ0v) is 11.2. The van der Waals surface area contributed by atoms with Gasteiger partial charge in [0.25, 0.3) is 0 Å². The SMILES string of the molecule is Cc1ccc(-n2c(CN)nc3cccnc32)cc1Cl. The van der Waals surface area contributed by atoms with E-state index in [0.29, 0.717) is 6.54 Å². The van der Waals surface area contributed by atoms with Gasteiger partial charge in [-0.15, -0.1) is 0 Å². The zero-order valence-electron chi connectivity index (χ0n) is 10.5. The molecule has 2 heterocycles. The lowest BCUT2D eigenvalue weighted by Gasteiger charge is -2.09. The van der Waals surface area contributed by atoms with Gasteiger partial charge in [0.2, 0.25) is 0 Å². The van der Waals surface area contributed by atoms with Gasteiger partial charge in [0, 0.05) is 11.2 Å². The Morgan fingerprint density at radius 2 is 2.16 bits per heavy atom. The number of imidazole rings is 1. The first-order chi connectivity index (χ1) is 9.20. The van der Waals surface area contributed by atoms with Crippen LogP contribution in [-0.4, -0.2) is 14.5 Å². The molecule has 0 saturated carbocycles. The van der Waals surface area contributed by atoms with E-state index in [2.05, 4.69) is 9.97 Å². The Kier molecular flexibility index (Phi) is 2.97. The van der Waals surface area contributed by atoms with Crippen LogP contribution in [0.5, 0.6) is 0 Å². The van der Waals surface area contributed by atoms with E-state index in [1.807, 2.05) is 41.8 Å². The third-order valence-corrected chi connectivity index (χ3v) is 3.49. The van der Waals surface area contributed by atoms with Gasteiger partial charge < -0.3 is 5.73 Å². The van der Waals surface area contributed by atoms with Crippen LogP contribution in [0.1, 0.15) is 11.4 Å². The van der Waals surface area contributed by atoms with Crippen LogP contribution in [0.4, 0.5) is 0 Å². The Hall–Kier alpha value is -1.91. The van der Waals surface area contributed by atoms with E-state index in [1.165, 1.54) is 0 Å². The monoisotopic (exact) mass is 272 g/mol. The highest BCUT2D eigenvalue weighted by atomic mass is 35.5. The largest absolute Gasteiger partial charge is 0.324 e. The number of nitrogens with two attached hydrogens (primary N) is 1. The van der Waals surface area contributed by atoms with E-state index >= 15 is 0 Å². The van der Waals surface area contributed by atoms with Crippen LogP contribution in [0, 0.1) is 6.92 Å². The lowest BCUT2D eigenvalue weighted by atomic mass is 10.2. The molecule has 2 N–H and O–H groups in total. The van der Waals surface area contributed by atoms with Crippen molar-refractivity contribution in [2.75, 3.05) is 0 Å². The fourth-order valence-electron chi connectivity index (χ4n) is 2.09. The summed E-state index contributed by atoms with van der Waals surface area (Å²) in [5.74, 6) is 0.772. The summed E-state index contributed by atoms with van der Waals surface area (Å²) in [5, 5.41) is 0.721. The normalized spacial score (nSPS) is 11.1. The van der Waals surface area contributed by atoms with Crippen molar-refractivity contribution in [3.05, 3.63) is 52.9 Å². The van der Waals surface area contributed by atoms with E-state index in [1.54, 1.807) is 6.20 Å². The van der Waals surface area contributed by atoms with E-state index < -0.39 is 0 Å². The average Bonchev–Trinajstić information content (AvgIpc) is 2.80. The molecule has 0 atom stereocenters. The summed E-state index contributed by atoms with van der Waals surface area (Å²) in [7, 11) is 0. The van der Waals surface area contributed by atoms with E-state index in [0.717, 1.165) is 33.3 Å². The molecular weight excluding hydrogens is 260 g/mol. The maximum atomic E-state index is 6.19. The van der Waals surface area contributed by atoms with Crippen molar-refractivity contribution in [1.29, 1.82) is 0 Å². The second kappa shape index (κ2) is 4.64. The minimum atomic E-state index is 0.349. The Balaban J connectivity index is 2.31. The summed E-state index contributed by atoms with van der Waals surface area (Å²) >= 11 is 6.19. The van der Waals surface area contributed by atoms with Crippen molar-refractivity contribution in [1.82, 2.24) is 14.5 Å². The number of benzene rings is 1. The molecule has 5 heteroatoms. The maximum absolute atomic E-state index is 6.19. The van der Waals surface area contributed by atoms with Crippen molar-refractivity contribution >= 4 is 22.8 Å². The van der Waals surface area contributed by atoms with E-state index in [4.69, 9.17) is 17.3 Å². The van der Waals surface area contributed by atoms with Gasteiger partial charge in [0.05, 0.1) is 12.2 Å².